The van der Waals surface area contributed by atoms with Crippen LogP contribution in [0.3, 0.4) is 0 Å². The maximum atomic E-state index is 8.88. The molecule has 0 fully saturated rings. The first kappa shape index (κ1) is 10.4. The van der Waals surface area contributed by atoms with Gasteiger partial charge < -0.3 is 14.7 Å². The van der Waals surface area contributed by atoms with Gasteiger partial charge in [0.2, 0.25) is 0 Å². The van der Waals surface area contributed by atoms with Crippen molar-refractivity contribution < 1.29 is 57.9 Å². The van der Waals surface area contributed by atoms with Gasteiger partial charge in [0.15, 0.2) is 0 Å². The molecule has 0 unspecified atom stereocenters. The quantitative estimate of drug-likeness (QED) is 0.490. The molecule has 0 amide bonds. The van der Waals surface area contributed by atoms with Crippen LogP contribution in [0.25, 0.3) is 0 Å². The fourth-order valence-corrected chi connectivity index (χ4v) is 0. The van der Waals surface area contributed by atoms with E-state index in [9.17, 15) is 0 Å². The predicted octanol–water partition coefficient (Wildman–Crippen LogP) is -0.929. The Balaban J connectivity index is 0. The van der Waals surface area contributed by atoms with Crippen molar-refractivity contribution in [3.63, 3.8) is 0 Å². The Morgan fingerprint density at radius 2 is 1.17 bits per heavy atom. The summed E-state index contributed by atoms with van der Waals surface area (Å²) in [5.41, 5.74) is 0. The summed E-state index contributed by atoms with van der Waals surface area (Å²) in [5.74, 6) is 0. The van der Waals surface area contributed by atoms with Crippen LogP contribution in [0.2, 0.25) is 0 Å². The molecule has 41 valence electrons. The van der Waals surface area contributed by atoms with E-state index in [1.54, 1.807) is 0 Å². The molecule has 6 heteroatoms. The van der Waals surface area contributed by atoms with Crippen molar-refractivity contribution in [1.29, 1.82) is 0 Å². The van der Waals surface area contributed by atoms with E-state index in [0.717, 1.165) is 0 Å². The van der Waals surface area contributed by atoms with Gasteiger partial charge in [0.25, 0.3) is 0 Å². The van der Waals surface area contributed by atoms with Gasteiger partial charge >= 0.3 is 7.82 Å². The number of rotatable bonds is 0. The minimum absolute atomic E-state index is 0. The van der Waals surface area contributed by atoms with Crippen molar-refractivity contribution in [2.45, 2.75) is 0 Å². The van der Waals surface area contributed by atoms with Gasteiger partial charge in [-0.2, -0.15) is 0 Å². The molecular weight excluding hydrogens is 254 g/mol. The monoisotopic (exact) mass is 257 g/mol. The smallest absolute Gasteiger partial charge is 0.303 e. The molecule has 0 rings (SSSR count). The van der Waals surface area contributed by atoms with E-state index in [1.165, 1.54) is 0 Å². The first-order chi connectivity index (χ1) is 2.00. The van der Waals surface area contributed by atoms with Crippen LogP contribution >= 0.6 is 7.82 Å². The third-order valence-corrected chi connectivity index (χ3v) is 0. The Labute approximate surface area is 65.2 Å². The van der Waals surface area contributed by atoms with E-state index in [-0.39, 0.29) is 38.6 Å². The molecule has 0 bridgehead atoms. The largest absolute Gasteiger partial charge is 0.466 e. The van der Waals surface area contributed by atoms with Gasteiger partial charge in [0.1, 0.15) is 0 Å². The van der Waals surface area contributed by atoms with Gasteiger partial charge in [-0.25, -0.2) is 4.57 Å². The van der Waals surface area contributed by atoms with Crippen LogP contribution in [-0.4, -0.2) is 14.7 Å². The van der Waals surface area contributed by atoms with Gasteiger partial charge in [-0.1, -0.05) is 0 Å². The van der Waals surface area contributed by atoms with Crippen LogP contribution in [0.15, 0.2) is 0 Å². The van der Waals surface area contributed by atoms with Crippen LogP contribution in [0.1, 0.15) is 0 Å². The molecule has 0 aromatic heterocycles. The molecule has 6 heavy (non-hydrogen) atoms. The predicted molar refractivity (Wildman–Crippen MR) is 14.3 cm³/mol. The van der Waals surface area contributed by atoms with Gasteiger partial charge in [-0.3, -0.25) is 0 Å². The van der Waals surface area contributed by atoms with Crippen molar-refractivity contribution in [2.75, 3.05) is 0 Å². The Hall–Kier alpha value is 1.40. The zero-order chi connectivity index (χ0) is 4.50. The van der Waals surface area contributed by atoms with E-state index in [4.69, 9.17) is 19.2 Å². The van der Waals surface area contributed by atoms with Gasteiger partial charge in [-0.15, -0.1) is 0 Å². The van der Waals surface area contributed by atoms with Crippen molar-refractivity contribution in [1.82, 2.24) is 0 Å². The van der Waals surface area contributed by atoms with Crippen LogP contribution in [-0.2, 0) is 4.57 Å². The van der Waals surface area contributed by atoms with Crippen LogP contribution in [0.5, 0.6) is 0 Å². The maximum Gasteiger partial charge on any atom is 0.466 e. The third kappa shape index (κ3) is 53.5. The normalized spacial score (nSPS) is 9.83. The number of hydrogen-bond acceptors (Lipinski definition) is 1. The van der Waals surface area contributed by atoms with Crippen molar-refractivity contribution in [3.8, 4) is 0 Å². The minimum Gasteiger partial charge on any atom is -0.303 e. The molecular formula is H3O4PTb. The summed E-state index contributed by atoms with van der Waals surface area (Å²) in [6.45, 7) is 0. The zero-order valence-corrected chi connectivity index (χ0v) is 5.56. The van der Waals surface area contributed by atoms with E-state index in [0.29, 0.717) is 0 Å². The van der Waals surface area contributed by atoms with E-state index >= 15 is 0 Å². The van der Waals surface area contributed by atoms with Gasteiger partial charge in [0.05, 0.1) is 0 Å². The third-order valence-electron chi connectivity index (χ3n) is 0. The molecule has 0 aliphatic heterocycles. The summed E-state index contributed by atoms with van der Waals surface area (Å²) in [4.78, 5) is 21.6. The standard InChI is InChI=1S/H3O4P.Tb/c1-5(2,3)4;/h(H3,1,2,3,4);. The second-order valence-corrected chi connectivity index (χ2v) is 1.54. The van der Waals surface area contributed by atoms with Crippen molar-refractivity contribution >= 4 is 7.82 Å². The number of hydrogen-bond donors (Lipinski definition) is 3. The fourth-order valence-electron chi connectivity index (χ4n) is 0. The zero-order valence-electron chi connectivity index (χ0n) is 2.53. The molecule has 0 saturated carbocycles. The molecule has 0 aromatic rings. The number of phosphoric acid groups is 1. The maximum absolute atomic E-state index is 8.88. The van der Waals surface area contributed by atoms with E-state index in [1.807, 2.05) is 0 Å². The fraction of sp³-hybridized carbons (Fsp3) is 0. The molecule has 0 aromatic carbocycles. The first-order valence-electron chi connectivity index (χ1n) is 0.783. The molecule has 0 atom stereocenters. The summed E-state index contributed by atoms with van der Waals surface area (Å²) in [5, 5.41) is 0. The molecule has 3 N–H and O–H groups in total. The SMILES string of the molecule is O=P(O)(O)O.[Tb]. The molecule has 0 aliphatic rings. The minimum atomic E-state index is -4.64. The Kier molecular flexibility index (Phi) is 5.90. The molecule has 0 heterocycles. The van der Waals surface area contributed by atoms with Gasteiger partial charge in [0, 0.05) is 38.6 Å². The van der Waals surface area contributed by atoms with Crippen LogP contribution in [0, 0.1) is 38.6 Å². The summed E-state index contributed by atoms with van der Waals surface area (Å²) in [7, 11) is -4.64. The van der Waals surface area contributed by atoms with E-state index < -0.39 is 7.82 Å². The van der Waals surface area contributed by atoms with E-state index in [2.05, 4.69) is 0 Å². The molecule has 0 spiro atoms. The summed E-state index contributed by atoms with van der Waals surface area (Å²) >= 11 is 0. The molecule has 4 nitrogen and oxygen atoms in total. The Bertz CT molecular complexity index is 53.7. The second-order valence-electron chi connectivity index (χ2n) is 0.513. The van der Waals surface area contributed by atoms with Crippen LogP contribution in [0.4, 0.5) is 0 Å². The molecule has 1 radical (unpaired) electrons. The topological polar surface area (TPSA) is 77.8 Å². The summed E-state index contributed by atoms with van der Waals surface area (Å²) in [6, 6.07) is 0. The van der Waals surface area contributed by atoms with Gasteiger partial charge in [-0.05, 0) is 0 Å². The molecule has 0 aliphatic carbocycles. The average Bonchev–Trinajstić information content (AvgIpc) is 0.722. The Morgan fingerprint density at radius 3 is 1.17 bits per heavy atom. The summed E-state index contributed by atoms with van der Waals surface area (Å²) in [6.07, 6.45) is 0. The molecule has 0 saturated heterocycles. The first-order valence-corrected chi connectivity index (χ1v) is 2.35. The Morgan fingerprint density at radius 1 is 1.17 bits per heavy atom. The van der Waals surface area contributed by atoms with Crippen molar-refractivity contribution in [2.24, 2.45) is 0 Å². The van der Waals surface area contributed by atoms with Crippen LogP contribution < -0.4 is 0 Å². The summed E-state index contributed by atoms with van der Waals surface area (Å²) < 4.78 is 8.88. The average molecular weight is 257 g/mol. The van der Waals surface area contributed by atoms with Crippen molar-refractivity contribution in [3.05, 3.63) is 0 Å². The second kappa shape index (κ2) is 3.40.